The predicted octanol–water partition coefficient (Wildman–Crippen LogP) is 2.01. The van der Waals surface area contributed by atoms with Gasteiger partial charge in [-0.1, -0.05) is 24.3 Å². The highest BCUT2D eigenvalue weighted by atomic mass is 19.1. The first-order valence-electron chi connectivity index (χ1n) is 3.83. The van der Waals surface area contributed by atoms with Crippen molar-refractivity contribution in [2.75, 3.05) is 0 Å². The second-order valence-corrected chi connectivity index (χ2v) is 2.54. The second kappa shape index (κ2) is 4.40. The van der Waals surface area contributed by atoms with E-state index in [1.54, 1.807) is 18.2 Å². The van der Waals surface area contributed by atoms with Crippen molar-refractivity contribution in [3.05, 3.63) is 47.8 Å². The van der Waals surface area contributed by atoms with Crippen LogP contribution < -0.4 is 0 Å². The van der Waals surface area contributed by atoms with Gasteiger partial charge >= 0.3 is 5.97 Å². The molecule has 68 valence electrons. The molecule has 0 aromatic heterocycles. The third-order valence-electron chi connectivity index (χ3n) is 1.56. The number of hydrogen-bond donors (Lipinski definition) is 1. The van der Waals surface area contributed by atoms with Gasteiger partial charge in [0.2, 0.25) is 0 Å². The topological polar surface area (TPSA) is 37.3 Å². The van der Waals surface area contributed by atoms with Gasteiger partial charge in [-0.15, -0.1) is 0 Å². The van der Waals surface area contributed by atoms with Crippen molar-refractivity contribution in [1.29, 1.82) is 0 Å². The van der Waals surface area contributed by atoms with Crippen molar-refractivity contribution in [3.8, 4) is 0 Å². The molecule has 0 aliphatic rings. The minimum atomic E-state index is -1.02. The van der Waals surface area contributed by atoms with Crippen LogP contribution in [0.2, 0.25) is 0 Å². The number of benzene rings is 1. The van der Waals surface area contributed by atoms with Crippen molar-refractivity contribution >= 4 is 5.97 Å². The summed E-state index contributed by atoms with van der Waals surface area (Å²) in [6.07, 6.45) is 2.73. The van der Waals surface area contributed by atoms with Crippen molar-refractivity contribution in [3.63, 3.8) is 0 Å². The molecule has 0 aliphatic heterocycles. The summed E-state index contributed by atoms with van der Waals surface area (Å²) in [5.41, 5.74) is 0.500. The first kappa shape index (κ1) is 9.45. The van der Waals surface area contributed by atoms with E-state index >= 15 is 0 Å². The van der Waals surface area contributed by atoms with E-state index in [2.05, 4.69) is 0 Å². The van der Waals surface area contributed by atoms with Crippen LogP contribution in [-0.2, 0) is 11.2 Å². The van der Waals surface area contributed by atoms with Gasteiger partial charge in [0.25, 0.3) is 0 Å². The Morgan fingerprint density at radius 1 is 1.46 bits per heavy atom. The molecule has 0 bridgehead atoms. The minimum Gasteiger partial charge on any atom is -0.478 e. The van der Waals surface area contributed by atoms with Gasteiger partial charge in [0.05, 0.1) is 0 Å². The number of rotatable bonds is 3. The molecule has 1 aromatic carbocycles. The molecule has 0 saturated heterocycles. The number of carboxylic acid groups (broad SMARTS) is 1. The van der Waals surface area contributed by atoms with Gasteiger partial charge in [-0.3, -0.25) is 0 Å². The molecular formula is C10H9FO2. The highest BCUT2D eigenvalue weighted by Crippen LogP contribution is 2.07. The fraction of sp³-hybridized carbons (Fsp3) is 0.100. The molecular weight excluding hydrogens is 171 g/mol. The molecule has 3 heteroatoms. The molecule has 0 aliphatic carbocycles. The average molecular weight is 180 g/mol. The third kappa shape index (κ3) is 3.07. The predicted molar refractivity (Wildman–Crippen MR) is 46.9 cm³/mol. The van der Waals surface area contributed by atoms with Crippen molar-refractivity contribution in [2.24, 2.45) is 0 Å². The molecule has 0 spiro atoms. The number of allylic oxidation sites excluding steroid dienone is 1. The number of aliphatic carboxylic acids is 1. The SMILES string of the molecule is O=C(O)C=CCc1ccccc1F. The van der Waals surface area contributed by atoms with Crippen LogP contribution in [0.1, 0.15) is 5.56 Å². The zero-order chi connectivity index (χ0) is 9.68. The summed E-state index contributed by atoms with van der Waals surface area (Å²) >= 11 is 0. The molecule has 0 atom stereocenters. The quantitative estimate of drug-likeness (QED) is 0.722. The molecule has 0 fully saturated rings. The Morgan fingerprint density at radius 3 is 2.77 bits per heavy atom. The van der Waals surface area contributed by atoms with Gasteiger partial charge in [-0.2, -0.15) is 0 Å². The number of carbonyl (C=O) groups is 1. The van der Waals surface area contributed by atoms with E-state index in [0.717, 1.165) is 6.08 Å². The van der Waals surface area contributed by atoms with E-state index in [4.69, 9.17) is 5.11 Å². The molecule has 0 heterocycles. The maximum atomic E-state index is 12.9. The standard InChI is InChI=1S/C10H9FO2/c11-9-6-2-1-4-8(9)5-3-7-10(12)13/h1-4,6-7H,5H2,(H,12,13). The zero-order valence-electron chi connectivity index (χ0n) is 6.90. The Balaban J connectivity index is 2.64. The summed E-state index contributed by atoms with van der Waals surface area (Å²) in [5.74, 6) is -1.33. The van der Waals surface area contributed by atoms with Gasteiger partial charge in [-0.25, -0.2) is 9.18 Å². The fourth-order valence-electron chi connectivity index (χ4n) is 0.951. The molecule has 2 nitrogen and oxygen atoms in total. The maximum absolute atomic E-state index is 12.9. The second-order valence-electron chi connectivity index (χ2n) is 2.54. The normalized spacial score (nSPS) is 10.5. The Morgan fingerprint density at radius 2 is 2.15 bits per heavy atom. The molecule has 0 unspecified atom stereocenters. The van der Waals surface area contributed by atoms with Gasteiger partial charge < -0.3 is 5.11 Å². The van der Waals surface area contributed by atoms with Crippen molar-refractivity contribution in [2.45, 2.75) is 6.42 Å². The molecule has 0 amide bonds. The van der Waals surface area contributed by atoms with Crippen LogP contribution in [0.25, 0.3) is 0 Å². The summed E-state index contributed by atoms with van der Waals surface area (Å²) in [4.78, 5) is 10.1. The van der Waals surface area contributed by atoms with E-state index in [1.165, 1.54) is 12.1 Å². The minimum absolute atomic E-state index is 0.305. The Hall–Kier alpha value is -1.64. The lowest BCUT2D eigenvalue weighted by Crippen LogP contribution is -1.90. The highest BCUT2D eigenvalue weighted by molar-refractivity contribution is 5.79. The van der Waals surface area contributed by atoms with Gasteiger partial charge in [0, 0.05) is 6.08 Å². The van der Waals surface area contributed by atoms with Crippen molar-refractivity contribution < 1.29 is 14.3 Å². The highest BCUT2D eigenvalue weighted by Gasteiger charge is 1.97. The molecule has 0 radical (unpaired) electrons. The van der Waals surface area contributed by atoms with Crippen LogP contribution in [0.3, 0.4) is 0 Å². The summed E-state index contributed by atoms with van der Waals surface area (Å²) in [7, 11) is 0. The van der Waals surface area contributed by atoms with Crippen LogP contribution in [0.15, 0.2) is 36.4 Å². The Labute approximate surface area is 75.3 Å². The van der Waals surface area contributed by atoms with Gasteiger partial charge in [0.15, 0.2) is 0 Å². The van der Waals surface area contributed by atoms with E-state index in [0.29, 0.717) is 12.0 Å². The summed E-state index contributed by atoms with van der Waals surface area (Å²) in [6.45, 7) is 0. The van der Waals surface area contributed by atoms with Crippen LogP contribution >= 0.6 is 0 Å². The lowest BCUT2D eigenvalue weighted by Gasteiger charge is -1.96. The van der Waals surface area contributed by atoms with Crippen molar-refractivity contribution in [1.82, 2.24) is 0 Å². The monoisotopic (exact) mass is 180 g/mol. The van der Waals surface area contributed by atoms with Crippen LogP contribution in [0.5, 0.6) is 0 Å². The van der Waals surface area contributed by atoms with Crippen LogP contribution in [0.4, 0.5) is 4.39 Å². The number of hydrogen-bond acceptors (Lipinski definition) is 1. The van der Waals surface area contributed by atoms with E-state index < -0.39 is 5.97 Å². The van der Waals surface area contributed by atoms with Gasteiger partial charge in [0.1, 0.15) is 5.82 Å². The first-order valence-corrected chi connectivity index (χ1v) is 3.83. The zero-order valence-corrected chi connectivity index (χ0v) is 6.90. The van der Waals surface area contributed by atoms with E-state index in [-0.39, 0.29) is 5.82 Å². The Bertz CT molecular complexity index is 331. The number of carboxylic acids is 1. The largest absolute Gasteiger partial charge is 0.478 e. The van der Waals surface area contributed by atoms with Crippen LogP contribution in [0, 0.1) is 5.82 Å². The average Bonchev–Trinajstić information content (AvgIpc) is 2.08. The number of halogens is 1. The molecule has 0 saturated carbocycles. The molecule has 1 N–H and O–H groups in total. The van der Waals surface area contributed by atoms with Gasteiger partial charge in [-0.05, 0) is 18.1 Å². The molecule has 1 aromatic rings. The van der Waals surface area contributed by atoms with E-state index in [9.17, 15) is 9.18 Å². The van der Waals surface area contributed by atoms with Crippen LogP contribution in [-0.4, -0.2) is 11.1 Å². The fourth-order valence-corrected chi connectivity index (χ4v) is 0.951. The maximum Gasteiger partial charge on any atom is 0.327 e. The van der Waals surface area contributed by atoms with E-state index in [1.807, 2.05) is 0 Å². The Kier molecular flexibility index (Phi) is 3.20. The summed E-state index contributed by atoms with van der Waals surface area (Å²) in [6, 6.07) is 6.29. The smallest absolute Gasteiger partial charge is 0.327 e. The molecule has 13 heavy (non-hydrogen) atoms. The lowest BCUT2D eigenvalue weighted by atomic mass is 10.1. The molecule has 1 rings (SSSR count). The summed E-state index contributed by atoms with van der Waals surface area (Å²) in [5, 5.41) is 8.28. The third-order valence-corrected chi connectivity index (χ3v) is 1.56. The lowest BCUT2D eigenvalue weighted by molar-refractivity contribution is -0.131. The summed E-state index contributed by atoms with van der Waals surface area (Å²) < 4.78 is 12.9. The first-order chi connectivity index (χ1) is 6.20.